The van der Waals surface area contributed by atoms with Crippen molar-refractivity contribution in [2.45, 2.75) is 20.8 Å². The number of nitrogens with one attached hydrogen (secondary N) is 2. The fourth-order valence-electron chi connectivity index (χ4n) is 2.51. The second-order valence-electron chi connectivity index (χ2n) is 6.34. The van der Waals surface area contributed by atoms with Gasteiger partial charge in [0.2, 0.25) is 11.8 Å². The van der Waals surface area contributed by atoms with Gasteiger partial charge in [-0.2, -0.15) is 0 Å². The first kappa shape index (κ1) is 23.5. The highest BCUT2D eigenvalue weighted by Crippen LogP contribution is 2.33. The van der Waals surface area contributed by atoms with Crippen molar-refractivity contribution in [2.75, 3.05) is 28.7 Å². The van der Waals surface area contributed by atoms with Crippen molar-refractivity contribution in [3.8, 4) is 0 Å². The fraction of sp³-hybridized carbons (Fsp3) is 0.316. The predicted molar refractivity (Wildman–Crippen MR) is 112 cm³/mol. The van der Waals surface area contributed by atoms with E-state index >= 15 is 0 Å². The van der Waals surface area contributed by atoms with Crippen molar-refractivity contribution in [2.24, 2.45) is 0 Å². The van der Waals surface area contributed by atoms with E-state index in [9.17, 15) is 27.2 Å². The van der Waals surface area contributed by atoms with E-state index in [1.54, 1.807) is 20.8 Å². The molecule has 0 radical (unpaired) electrons. The van der Waals surface area contributed by atoms with E-state index in [-0.39, 0.29) is 22.9 Å². The maximum Gasteiger partial charge on any atom is 0.341 e. The SMILES string of the molecule is CCOC(=O)c1c(NC(=O)CS(=O)(=O)CC(=O)Nc2ccc(F)cc2)sc(C)c1C. The summed E-state index contributed by atoms with van der Waals surface area (Å²) < 4.78 is 42.3. The number of rotatable bonds is 8. The van der Waals surface area contributed by atoms with Gasteiger partial charge in [0.05, 0.1) is 12.2 Å². The zero-order valence-electron chi connectivity index (χ0n) is 16.6. The van der Waals surface area contributed by atoms with Gasteiger partial charge in [-0.3, -0.25) is 9.59 Å². The molecular formula is C19H21FN2O6S2. The summed E-state index contributed by atoms with van der Waals surface area (Å²) in [7, 11) is -4.08. The lowest BCUT2D eigenvalue weighted by molar-refractivity contribution is -0.114. The van der Waals surface area contributed by atoms with Gasteiger partial charge in [-0.05, 0) is 50.6 Å². The molecule has 0 unspecified atom stereocenters. The third kappa shape index (κ3) is 6.36. The Kier molecular flexibility index (Phi) is 7.68. The van der Waals surface area contributed by atoms with Crippen LogP contribution in [0.1, 0.15) is 27.7 Å². The topological polar surface area (TPSA) is 119 Å². The van der Waals surface area contributed by atoms with Crippen LogP contribution in [0.4, 0.5) is 15.1 Å². The van der Waals surface area contributed by atoms with Crippen LogP contribution in [-0.2, 0) is 24.2 Å². The van der Waals surface area contributed by atoms with Crippen LogP contribution in [0.25, 0.3) is 0 Å². The number of carbonyl (C=O) groups is 3. The highest BCUT2D eigenvalue weighted by molar-refractivity contribution is 7.92. The largest absolute Gasteiger partial charge is 0.462 e. The summed E-state index contributed by atoms with van der Waals surface area (Å²) in [4.78, 5) is 37.1. The number of aryl methyl sites for hydroxylation is 1. The number of ether oxygens (including phenoxy) is 1. The van der Waals surface area contributed by atoms with Gasteiger partial charge >= 0.3 is 5.97 Å². The summed E-state index contributed by atoms with van der Waals surface area (Å²) >= 11 is 1.13. The van der Waals surface area contributed by atoms with Crippen LogP contribution in [0.2, 0.25) is 0 Å². The standard InChI is InChI=1S/C19H21FN2O6S2/c1-4-28-19(25)17-11(2)12(3)29-18(17)22-16(24)10-30(26,27)9-15(23)21-14-7-5-13(20)6-8-14/h5-8H,4,9-10H2,1-3H3,(H,21,23)(H,22,24). The average Bonchev–Trinajstić information content (AvgIpc) is 2.89. The molecule has 2 amide bonds. The number of sulfone groups is 1. The van der Waals surface area contributed by atoms with Crippen LogP contribution in [-0.4, -0.2) is 44.3 Å². The van der Waals surface area contributed by atoms with Crippen LogP contribution in [0.3, 0.4) is 0 Å². The third-order valence-electron chi connectivity index (χ3n) is 3.95. The molecule has 1 aromatic carbocycles. The van der Waals surface area contributed by atoms with E-state index in [4.69, 9.17) is 4.74 Å². The van der Waals surface area contributed by atoms with Crippen LogP contribution >= 0.6 is 11.3 Å². The van der Waals surface area contributed by atoms with Crippen molar-refractivity contribution in [1.82, 2.24) is 0 Å². The molecule has 11 heteroatoms. The molecule has 0 spiro atoms. The van der Waals surface area contributed by atoms with Crippen LogP contribution < -0.4 is 10.6 Å². The molecular weight excluding hydrogens is 435 g/mol. The number of anilines is 2. The summed E-state index contributed by atoms with van der Waals surface area (Å²) in [6, 6.07) is 4.79. The summed E-state index contributed by atoms with van der Waals surface area (Å²) in [5.74, 6) is -4.72. The van der Waals surface area contributed by atoms with Crippen molar-refractivity contribution >= 4 is 49.6 Å². The number of halogens is 1. The monoisotopic (exact) mass is 456 g/mol. The minimum Gasteiger partial charge on any atom is -0.462 e. The van der Waals surface area contributed by atoms with Crippen LogP contribution in [0, 0.1) is 19.7 Å². The highest BCUT2D eigenvalue weighted by atomic mass is 32.2. The Hall–Kier alpha value is -2.79. The molecule has 0 aliphatic rings. The Labute approximate surface area is 177 Å². The van der Waals surface area contributed by atoms with Gasteiger partial charge in [0, 0.05) is 10.6 Å². The van der Waals surface area contributed by atoms with E-state index in [0.29, 0.717) is 5.56 Å². The second-order valence-corrected chi connectivity index (χ2v) is 9.63. The zero-order chi connectivity index (χ0) is 22.5. The first-order valence-electron chi connectivity index (χ1n) is 8.85. The number of esters is 1. The van der Waals surface area contributed by atoms with Gasteiger partial charge in [0.25, 0.3) is 0 Å². The Morgan fingerprint density at radius 1 is 1.03 bits per heavy atom. The first-order valence-corrected chi connectivity index (χ1v) is 11.5. The Balaban J connectivity index is 2.03. The van der Waals surface area contributed by atoms with E-state index < -0.39 is 44.9 Å². The van der Waals surface area contributed by atoms with Crippen molar-refractivity contribution in [1.29, 1.82) is 0 Å². The molecule has 0 fully saturated rings. The molecule has 1 aromatic heterocycles. The summed E-state index contributed by atoms with van der Waals surface area (Å²) in [6.07, 6.45) is 0. The summed E-state index contributed by atoms with van der Waals surface area (Å²) in [5, 5.41) is 4.94. The molecule has 0 saturated carbocycles. The summed E-state index contributed by atoms with van der Waals surface area (Å²) in [5.41, 5.74) is 1.04. The van der Waals surface area contributed by atoms with E-state index in [1.807, 2.05) is 0 Å². The van der Waals surface area contributed by atoms with Gasteiger partial charge in [-0.1, -0.05) is 0 Å². The minimum absolute atomic E-state index is 0.151. The number of amides is 2. The van der Waals surface area contributed by atoms with Crippen molar-refractivity contribution in [3.63, 3.8) is 0 Å². The second kappa shape index (κ2) is 9.81. The van der Waals surface area contributed by atoms with Gasteiger partial charge in [-0.15, -0.1) is 11.3 Å². The molecule has 2 aromatic rings. The lowest BCUT2D eigenvalue weighted by Gasteiger charge is -2.08. The first-order chi connectivity index (χ1) is 14.0. The summed E-state index contributed by atoms with van der Waals surface area (Å²) in [6.45, 7) is 5.26. The molecule has 0 aliphatic heterocycles. The quantitative estimate of drug-likeness (QED) is 0.590. The van der Waals surface area contributed by atoms with E-state index in [2.05, 4.69) is 10.6 Å². The predicted octanol–water partition coefficient (Wildman–Crippen LogP) is 2.67. The smallest absolute Gasteiger partial charge is 0.341 e. The van der Waals surface area contributed by atoms with Gasteiger partial charge in [-0.25, -0.2) is 17.6 Å². The lowest BCUT2D eigenvalue weighted by atomic mass is 10.1. The minimum atomic E-state index is -4.08. The normalized spacial score (nSPS) is 11.1. The molecule has 2 N–H and O–H groups in total. The van der Waals surface area contributed by atoms with Crippen molar-refractivity contribution in [3.05, 3.63) is 46.1 Å². The Morgan fingerprint density at radius 2 is 1.60 bits per heavy atom. The number of benzene rings is 1. The fourth-order valence-corrected chi connectivity index (χ4v) is 4.62. The molecule has 2 rings (SSSR count). The molecule has 0 atom stereocenters. The van der Waals surface area contributed by atoms with Gasteiger partial charge in [0.1, 0.15) is 22.3 Å². The maximum atomic E-state index is 12.9. The maximum absolute atomic E-state index is 12.9. The molecule has 30 heavy (non-hydrogen) atoms. The van der Waals surface area contributed by atoms with Crippen LogP contribution in [0.15, 0.2) is 24.3 Å². The molecule has 0 bridgehead atoms. The number of hydrogen-bond donors (Lipinski definition) is 2. The molecule has 162 valence electrons. The van der Waals surface area contributed by atoms with E-state index in [1.165, 1.54) is 12.1 Å². The molecule has 8 nitrogen and oxygen atoms in total. The molecule has 1 heterocycles. The third-order valence-corrected chi connectivity index (χ3v) is 6.47. The van der Waals surface area contributed by atoms with E-state index in [0.717, 1.165) is 28.3 Å². The number of thiophene rings is 1. The van der Waals surface area contributed by atoms with Crippen LogP contribution in [0.5, 0.6) is 0 Å². The molecule has 0 aliphatic carbocycles. The van der Waals surface area contributed by atoms with Crippen molar-refractivity contribution < 1.29 is 31.9 Å². The Morgan fingerprint density at radius 3 is 2.17 bits per heavy atom. The average molecular weight is 457 g/mol. The van der Waals surface area contributed by atoms with Gasteiger partial charge in [0.15, 0.2) is 9.84 Å². The Bertz CT molecular complexity index is 1060. The number of carbonyl (C=O) groups excluding carboxylic acids is 3. The lowest BCUT2D eigenvalue weighted by Crippen LogP contribution is -2.30. The number of hydrogen-bond acceptors (Lipinski definition) is 7. The highest BCUT2D eigenvalue weighted by Gasteiger charge is 2.25. The molecule has 0 saturated heterocycles. The zero-order valence-corrected chi connectivity index (χ0v) is 18.2. The van der Waals surface area contributed by atoms with Gasteiger partial charge < -0.3 is 15.4 Å².